The molecule has 5 heteroatoms. The van der Waals surface area contributed by atoms with Gasteiger partial charge in [0.1, 0.15) is 0 Å². The number of rotatable bonds is 4. The van der Waals surface area contributed by atoms with E-state index < -0.39 is 0 Å². The van der Waals surface area contributed by atoms with Crippen LogP contribution >= 0.6 is 0 Å². The van der Waals surface area contributed by atoms with Crippen LogP contribution in [0.3, 0.4) is 0 Å². The SMILES string of the molecule is COc1cc2c(cc1OC)CN(C(=O)N[C@H](C)c1ccc3c(c1)CCCC3)CC2. The van der Waals surface area contributed by atoms with E-state index >= 15 is 0 Å². The van der Waals surface area contributed by atoms with Gasteiger partial charge < -0.3 is 19.7 Å². The van der Waals surface area contributed by atoms with E-state index in [1.54, 1.807) is 14.2 Å². The molecule has 1 aliphatic heterocycles. The summed E-state index contributed by atoms with van der Waals surface area (Å²) in [7, 11) is 3.28. The van der Waals surface area contributed by atoms with E-state index in [0.717, 1.165) is 24.2 Å². The highest BCUT2D eigenvalue weighted by atomic mass is 16.5. The van der Waals surface area contributed by atoms with E-state index in [0.29, 0.717) is 18.8 Å². The lowest BCUT2D eigenvalue weighted by molar-refractivity contribution is 0.189. The Bertz CT molecular complexity index is 909. The quantitative estimate of drug-likeness (QED) is 0.836. The molecule has 2 aromatic rings. The van der Waals surface area contributed by atoms with Crippen LogP contribution < -0.4 is 14.8 Å². The van der Waals surface area contributed by atoms with Crippen molar-refractivity contribution in [1.82, 2.24) is 10.2 Å². The van der Waals surface area contributed by atoms with E-state index in [4.69, 9.17) is 9.47 Å². The fourth-order valence-electron chi connectivity index (χ4n) is 4.44. The highest BCUT2D eigenvalue weighted by Gasteiger charge is 2.24. The number of hydrogen-bond donors (Lipinski definition) is 1. The first-order chi connectivity index (χ1) is 14.1. The third-order valence-electron chi connectivity index (χ3n) is 6.22. The smallest absolute Gasteiger partial charge is 0.318 e. The largest absolute Gasteiger partial charge is 0.493 e. The van der Waals surface area contributed by atoms with Crippen LogP contribution in [0.5, 0.6) is 11.5 Å². The lowest BCUT2D eigenvalue weighted by Gasteiger charge is -2.31. The second-order valence-electron chi connectivity index (χ2n) is 8.05. The van der Waals surface area contributed by atoms with Crippen LogP contribution in [0.25, 0.3) is 0 Å². The van der Waals surface area contributed by atoms with Crippen LogP contribution in [0.4, 0.5) is 4.79 Å². The van der Waals surface area contributed by atoms with Gasteiger partial charge in [0.2, 0.25) is 0 Å². The van der Waals surface area contributed by atoms with Crippen molar-refractivity contribution in [3.63, 3.8) is 0 Å². The van der Waals surface area contributed by atoms with Crippen LogP contribution in [0.2, 0.25) is 0 Å². The fraction of sp³-hybridized carbons (Fsp3) is 0.458. The van der Waals surface area contributed by atoms with Gasteiger partial charge in [-0.15, -0.1) is 0 Å². The lowest BCUT2D eigenvalue weighted by atomic mass is 9.89. The molecule has 2 aromatic carbocycles. The number of methoxy groups -OCH3 is 2. The summed E-state index contributed by atoms with van der Waals surface area (Å²) in [5.41, 5.74) is 6.43. The number of amides is 2. The Morgan fingerprint density at radius 1 is 0.931 bits per heavy atom. The molecule has 0 saturated carbocycles. The highest BCUT2D eigenvalue weighted by Crippen LogP contribution is 2.33. The molecule has 1 N–H and O–H groups in total. The monoisotopic (exact) mass is 394 g/mol. The molecule has 29 heavy (non-hydrogen) atoms. The molecule has 0 bridgehead atoms. The minimum atomic E-state index is -0.0179. The van der Waals surface area contributed by atoms with E-state index in [1.165, 1.54) is 41.5 Å². The van der Waals surface area contributed by atoms with Gasteiger partial charge >= 0.3 is 6.03 Å². The first-order valence-electron chi connectivity index (χ1n) is 10.5. The van der Waals surface area contributed by atoms with Crippen molar-refractivity contribution >= 4 is 6.03 Å². The standard InChI is InChI=1S/C24H30N2O3/c1-16(18-9-8-17-6-4-5-7-19(17)12-18)25-24(27)26-11-10-20-13-22(28-2)23(29-3)14-21(20)15-26/h8-9,12-14,16H,4-7,10-11,15H2,1-3H3,(H,25,27)/t16-/m1/s1. The maximum atomic E-state index is 12.9. The summed E-state index contributed by atoms with van der Waals surface area (Å²) in [5.74, 6) is 1.45. The van der Waals surface area contributed by atoms with Gasteiger partial charge in [0.15, 0.2) is 11.5 Å². The van der Waals surface area contributed by atoms with Crippen molar-refractivity contribution in [2.75, 3.05) is 20.8 Å². The summed E-state index contributed by atoms with van der Waals surface area (Å²) < 4.78 is 10.8. The molecular formula is C24H30N2O3. The van der Waals surface area contributed by atoms with Crippen molar-refractivity contribution in [1.29, 1.82) is 0 Å². The van der Waals surface area contributed by atoms with Crippen molar-refractivity contribution < 1.29 is 14.3 Å². The van der Waals surface area contributed by atoms with Crippen molar-refractivity contribution in [3.8, 4) is 11.5 Å². The van der Waals surface area contributed by atoms with Gasteiger partial charge in [0.05, 0.1) is 20.3 Å². The Kier molecular flexibility index (Phi) is 5.65. The number of fused-ring (bicyclic) bond motifs is 2. The second kappa shape index (κ2) is 8.36. The Labute approximate surface area is 173 Å². The number of hydrogen-bond acceptors (Lipinski definition) is 3. The zero-order chi connectivity index (χ0) is 20.4. The Balaban J connectivity index is 1.44. The number of carbonyl (C=O) groups is 1. The zero-order valence-electron chi connectivity index (χ0n) is 17.6. The van der Waals surface area contributed by atoms with E-state index in [9.17, 15) is 4.79 Å². The maximum Gasteiger partial charge on any atom is 0.318 e. The van der Waals surface area contributed by atoms with Crippen molar-refractivity contribution in [2.45, 2.75) is 51.6 Å². The summed E-state index contributed by atoms with van der Waals surface area (Å²) in [5, 5.41) is 3.19. The lowest BCUT2D eigenvalue weighted by Crippen LogP contribution is -2.43. The molecular weight excluding hydrogens is 364 g/mol. The van der Waals surface area contributed by atoms with Crippen molar-refractivity contribution in [2.24, 2.45) is 0 Å². The topological polar surface area (TPSA) is 50.8 Å². The van der Waals surface area contributed by atoms with Crippen LogP contribution in [-0.4, -0.2) is 31.7 Å². The Morgan fingerprint density at radius 3 is 2.31 bits per heavy atom. The summed E-state index contributed by atoms with van der Waals surface area (Å²) in [6.07, 6.45) is 5.69. The number of aryl methyl sites for hydroxylation is 2. The first-order valence-corrected chi connectivity index (χ1v) is 10.5. The normalized spacial score (nSPS) is 16.4. The van der Waals surface area contributed by atoms with Crippen molar-refractivity contribution in [3.05, 3.63) is 58.1 Å². The number of nitrogens with zero attached hydrogens (tertiary/aromatic N) is 1. The highest BCUT2D eigenvalue weighted by molar-refractivity contribution is 5.75. The molecule has 1 heterocycles. The minimum absolute atomic E-state index is 0.0125. The fourth-order valence-corrected chi connectivity index (χ4v) is 4.44. The summed E-state index contributed by atoms with van der Waals surface area (Å²) in [6, 6.07) is 10.7. The molecule has 154 valence electrons. The predicted octanol–water partition coefficient (Wildman–Crippen LogP) is 4.41. The number of ether oxygens (including phenoxy) is 2. The number of urea groups is 1. The first kappa shape index (κ1) is 19.6. The molecule has 0 spiro atoms. The summed E-state index contributed by atoms with van der Waals surface area (Å²) in [4.78, 5) is 14.8. The molecule has 1 atom stereocenters. The van der Waals surface area contributed by atoms with Crippen LogP contribution in [0.1, 0.15) is 53.6 Å². The third kappa shape index (κ3) is 4.04. The molecule has 0 aromatic heterocycles. The molecule has 1 aliphatic carbocycles. The summed E-state index contributed by atoms with van der Waals surface area (Å²) in [6.45, 7) is 3.35. The van der Waals surface area contributed by atoms with E-state index in [-0.39, 0.29) is 12.1 Å². The van der Waals surface area contributed by atoms with Gasteiger partial charge in [-0.3, -0.25) is 0 Å². The molecule has 0 fully saturated rings. The molecule has 4 rings (SSSR count). The molecule has 2 amide bonds. The summed E-state index contributed by atoms with van der Waals surface area (Å²) >= 11 is 0. The van der Waals surface area contributed by atoms with Crippen LogP contribution in [0, 0.1) is 0 Å². The number of benzene rings is 2. The number of nitrogens with one attached hydrogen (secondary N) is 1. The van der Waals surface area contributed by atoms with E-state index in [1.807, 2.05) is 17.0 Å². The van der Waals surface area contributed by atoms with Gasteiger partial charge in [0, 0.05) is 13.1 Å². The zero-order valence-corrected chi connectivity index (χ0v) is 17.6. The molecule has 0 saturated heterocycles. The Hall–Kier alpha value is -2.69. The predicted molar refractivity (Wildman–Crippen MR) is 114 cm³/mol. The van der Waals surface area contributed by atoms with Gasteiger partial charge in [-0.25, -0.2) is 4.79 Å². The van der Waals surface area contributed by atoms with Gasteiger partial charge in [-0.05, 0) is 79.0 Å². The average molecular weight is 395 g/mol. The molecule has 0 unspecified atom stereocenters. The van der Waals surface area contributed by atoms with Gasteiger partial charge in [-0.2, -0.15) is 0 Å². The maximum absolute atomic E-state index is 12.9. The van der Waals surface area contributed by atoms with Crippen LogP contribution in [-0.2, 0) is 25.8 Å². The van der Waals surface area contributed by atoms with E-state index in [2.05, 4.69) is 30.4 Å². The third-order valence-corrected chi connectivity index (χ3v) is 6.22. The molecule has 5 nitrogen and oxygen atoms in total. The molecule has 0 radical (unpaired) electrons. The molecule has 2 aliphatic rings. The average Bonchev–Trinajstić information content (AvgIpc) is 2.77. The second-order valence-corrected chi connectivity index (χ2v) is 8.05. The van der Waals surface area contributed by atoms with Gasteiger partial charge in [-0.1, -0.05) is 18.2 Å². The van der Waals surface area contributed by atoms with Gasteiger partial charge in [0.25, 0.3) is 0 Å². The Morgan fingerprint density at radius 2 is 1.59 bits per heavy atom. The minimum Gasteiger partial charge on any atom is -0.493 e. The van der Waals surface area contributed by atoms with Crippen LogP contribution in [0.15, 0.2) is 30.3 Å². The number of carbonyl (C=O) groups excluding carboxylic acids is 1.